The molecule has 1 heterocycles. The molecule has 2 fully saturated rings. The third kappa shape index (κ3) is 3.53. The molecule has 4 nitrogen and oxygen atoms in total. The second kappa shape index (κ2) is 6.44. The first-order chi connectivity index (χ1) is 9.43. The fourth-order valence-electron chi connectivity index (χ4n) is 3.86. The van der Waals surface area contributed by atoms with E-state index in [0.717, 1.165) is 32.2 Å². The van der Waals surface area contributed by atoms with E-state index in [1.54, 1.807) is 0 Å². The van der Waals surface area contributed by atoms with Gasteiger partial charge in [0.15, 0.2) is 0 Å². The summed E-state index contributed by atoms with van der Waals surface area (Å²) in [5.74, 6) is 0.106. The zero-order chi connectivity index (χ0) is 14.8. The Labute approximate surface area is 123 Å². The lowest BCUT2D eigenvalue weighted by Crippen LogP contribution is -2.51. The maximum atomic E-state index is 11.8. The topological polar surface area (TPSA) is 43.8 Å². The Balaban J connectivity index is 1.99. The number of carboxylic acid groups (broad SMARTS) is 1. The van der Waals surface area contributed by atoms with Crippen molar-refractivity contribution in [3.8, 4) is 0 Å². The Morgan fingerprint density at radius 2 is 2.00 bits per heavy atom. The van der Waals surface area contributed by atoms with Gasteiger partial charge >= 0.3 is 5.97 Å². The lowest BCUT2D eigenvalue weighted by atomic mass is 9.70. The van der Waals surface area contributed by atoms with Gasteiger partial charge in [-0.1, -0.05) is 6.92 Å². The van der Waals surface area contributed by atoms with Crippen molar-refractivity contribution in [2.24, 2.45) is 11.3 Å². The second-order valence-corrected chi connectivity index (χ2v) is 7.24. The van der Waals surface area contributed by atoms with Crippen LogP contribution < -0.4 is 0 Å². The summed E-state index contributed by atoms with van der Waals surface area (Å²) in [6, 6.07) is 0.518. The van der Waals surface area contributed by atoms with Crippen LogP contribution in [0.15, 0.2) is 0 Å². The van der Waals surface area contributed by atoms with Crippen LogP contribution >= 0.6 is 0 Å². The smallest absolute Gasteiger partial charge is 0.310 e. The van der Waals surface area contributed by atoms with Crippen molar-refractivity contribution in [2.75, 3.05) is 33.7 Å². The summed E-state index contributed by atoms with van der Waals surface area (Å²) in [6.07, 6.45) is 6.23. The largest absolute Gasteiger partial charge is 0.481 e. The molecule has 20 heavy (non-hydrogen) atoms. The molecule has 1 atom stereocenters. The Morgan fingerprint density at radius 1 is 1.35 bits per heavy atom. The van der Waals surface area contributed by atoms with E-state index >= 15 is 0 Å². The van der Waals surface area contributed by atoms with Crippen molar-refractivity contribution < 1.29 is 9.90 Å². The van der Waals surface area contributed by atoms with Crippen LogP contribution in [0, 0.1) is 11.3 Å². The summed E-state index contributed by atoms with van der Waals surface area (Å²) in [5.41, 5.74) is -0.503. The molecule has 4 heteroatoms. The van der Waals surface area contributed by atoms with E-state index in [4.69, 9.17) is 0 Å². The molecule has 0 aromatic rings. The lowest BCUT2D eigenvalue weighted by Gasteiger charge is -2.42. The second-order valence-electron chi connectivity index (χ2n) is 7.24. The molecule has 0 amide bonds. The van der Waals surface area contributed by atoms with Gasteiger partial charge in [0.2, 0.25) is 0 Å². The molecule has 1 aliphatic carbocycles. The molecular formula is C16H30N2O2. The Hall–Kier alpha value is -0.610. The number of rotatable bonds is 4. The molecular weight excluding hydrogens is 252 g/mol. The third-order valence-corrected chi connectivity index (χ3v) is 5.46. The van der Waals surface area contributed by atoms with Gasteiger partial charge in [-0.2, -0.15) is 0 Å². The van der Waals surface area contributed by atoms with Crippen molar-refractivity contribution in [3.05, 3.63) is 0 Å². The normalized spacial score (nSPS) is 36.2. The van der Waals surface area contributed by atoms with Crippen LogP contribution in [0.4, 0.5) is 0 Å². The van der Waals surface area contributed by atoms with E-state index in [-0.39, 0.29) is 0 Å². The van der Waals surface area contributed by atoms with E-state index in [1.165, 1.54) is 19.4 Å². The van der Waals surface area contributed by atoms with Crippen molar-refractivity contribution in [1.82, 2.24) is 9.80 Å². The zero-order valence-corrected chi connectivity index (χ0v) is 13.3. The Morgan fingerprint density at radius 3 is 2.55 bits per heavy atom. The first-order valence-corrected chi connectivity index (χ1v) is 8.05. The van der Waals surface area contributed by atoms with E-state index in [9.17, 15) is 9.90 Å². The van der Waals surface area contributed by atoms with Gasteiger partial charge in [-0.05, 0) is 65.1 Å². The molecule has 0 bridgehead atoms. The maximum absolute atomic E-state index is 11.8. The Bertz CT molecular complexity index is 337. The Kier molecular flexibility index (Phi) is 5.08. The highest BCUT2D eigenvalue weighted by atomic mass is 16.4. The average molecular weight is 282 g/mol. The molecule has 116 valence electrons. The van der Waals surface area contributed by atoms with E-state index in [0.29, 0.717) is 18.5 Å². The quantitative estimate of drug-likeness (QED) is 0.859. The molecule has 0 spiro atoms. The van der Waals surface area contributed by atoms with E-state index in [2.05, 4.69) is 30.8 Å². The predicted molar refractivity (Wildman–Crippen MR) is 80.8 cm³/mol. The highest BCUT2D eigenvalue weighted by Gasteiger charge is 2.42. The highest BCUT2D eigenvalue weighted by Crippen LogP contribution is 2.40. The average Bonchev–Trinajstić information content (AvgIpc) is 2.41. The first kappa shape index (κ1) is 15.8. The predicted octanol–water partition coefficient (Wildman–Crippen LogP) is 2.29. The van der Waals surface area contributed by atoms with Crippen LogP contribution in [0.1, 0.15) is 45.4 Å². The van der Waals surface area contributed by atoms with Crippen LogP contribution in [-0.2, 0) is 4.79 Å². The standard InChI is InChI=1S/C16H30N2O2/c1-13-6-8-16(9-7-13,15(19)20)12-18(3)14-5-4-10-17(2)11-14/h13-14H,4-12H2,1-3H3,(H,19,20). The zero-order valence-electron chi connectivity index (χ0n) is 13.3. The van der Waals surface area contributed by atoms with Crippen molar-refractivity contribution in [3.63, 3.8) is 0 Å². The summed E-state index contributed by atoms with van der Waals surface area (Å²) in [5, 5.41) is 9.74. The van der Waals surface area contributed by atoms with Crippen LogP contribution in [0.3, 0.4) is 0 Å². The van der Waals surface area contributed by atoms with Gasteiger partial charge in [0.1, 0.15) is 0 Å². The van der Waals surface area contributed by atoms with Crippen LogP contribution in [0.25, 0.3) is 0 Å². The highest BCUT2D eigenvalue weighted by molar-refractivity contribution is 5.75. The lowest BCUT2D eigenvalue weighted by molar-refractivity contribution is -0.153. The number of hydrogen-bond donors (Lipinski definition) is 1. The minimum Gasteiger partial charge on any atom is -0.481 e. The van der Waals surface area contributed by atoms with Gasteiger partial charge in [-0.25, -0.2) is 0 Å². The van der Waals surface area contributed by atoms with Crippen LogP contribution in [0.5, 0.6) is 0 Å². The molecule has 1 saturated carbocycles. The van der Waals surface area contributed by atoms with Gasteiger partial charge in [-0.3, -0.25) is 4.79 Å². The van der Waals surface area contributed by atoms with E-state index in [1.807, 2.05) is 0 Å². The number of hydrogen-bond acceptors (Lipinski definition) is 3. The van der Waals surface area contributed by atoms with Crippen LogP contribution in [-0.4, -0.2) is 60.6 Å². The SMILES string of the molecule is CC1CCC(CN(C)C2CCCN(C)C2)(C(=O)O)CC1. The number of carbonyl (C=O) groups is 1. The molecule has 2 aliphatic rings. The maximum Gasteiger partial charge on any atom is 0.310 e. The van der Waals surface area contributed by atoms with Gasteiger partial charge in [0, 0.05) is 19.1 Å². The summed E-state index contributed by atoms with van der Waals surface area (Å²) in [4.78, 5) is 16.5. The summed E-state index contributed by atoms with van der Waals surface area (Å²) in [7, 11) is 4.28. The van der Waals surface area contributed by atoms with E-state index < -0.39 is 11.4 Å². The minimum absolute atomic E-state index is 0.503. The van der Waals surface area contributed by atoms with Gasteiger partial charge in [-0.15, -0.1) is 0 Å². The number of carboxylic acids is 1. The summed E-state index contributed by atoms with van der Waals surface area (Å²) < 4.78 is 0. The number of likely N-dealkylation sites (tertiary alicyclic amines) is 1. The van der Waals surface area contributed by atoms with Crippen LogP contribution in [0.2, 0.25) is 0 Å². The fourth-order valence-corrected chi connectivity index (χ4v) is 3.86. The first-order valence-electron chi connectivity index (χ1n) is 8.05. The molecule has 1 unspecified atom stereocenters. The molecule has 1 aliphatic heterocycles. The molecule has 0 aromatic heterocycles. The van der Waals surface area contributed by atoms with Crippen molar-refractivity contribution in [1.29, 1.82) is 0 Å². The monoisotopic (exact) mass is 282 g/mol. The summed E-state index contributed by atoms with van der Waals surface area (Å²) >= 11 is 0. The molecule has 0 radical (unpaired) electrons. The van der Waals surface area contributed by atoms with Gasteiger partial charge in [0.05, 0.1) is 5.41 Å². The molecule has 1 N–H and O–H groups in total. The van der Waals surface area contributed by atoms with Gasteiger partial charge < -0.3 is 14.9 Å². The van der Waals surface area contributed by atoms with Crippen molar-refractivity contribution in [2.45, 2.75) is 51.5 Å². The number of nitrogens with zero attached hydrogens (tertiary/aromatic N) is 2. The minimum atomic E-state index is -0.583. The third-order valence-electron chi connectivity index (χ3n) is 5.46. The molecule has 1 saturated heterocycles. The number of piperidine rings is 1. The number of aliphatic carboxylic acids is 1. The molecule has 0 aromatic carbocycles. The van der Waals surface area contributed by atoms with Crippen molar-refractivity contribution >= 4 is 5.97 Å². The van der Waals surface area contributed by atoms with Gasteiger partial charge in [0.25, 0.3) is 0 Å². The number of likely N-dealkylation sites (N-methyl/N-ethyl adjacent to an activating group) is 2. The fraction of sp³-hybridized carbons (Fsp3) is 0.938. The molecule has 2 rings (SSSR count). The summed E-state index contributed by atoms with van der Waals surface area (Å²) in [6.45, 7) is 5.20.